The quantitative estimate of drug-likeness (QED) is 0.791. The van der Waals surface area contributed by atoms with Crippen molar-refractivity contribution in [1.29, 1.82) is 0 Å². The summed E-state index contributed by atoms with van der Waals surface area (Å²) >= 11 is 0. The summed E-state index contributed by atoms with van der Waals surface area (Å²) in [6.07, 6.45) is 6.49. The molecule has 1 saturated heterocycles. The first-order valence-electron chi connectivity index (χ1n) is 6.74. The van der Waals surface area contributed by atoms with E-state index >= 15 is 0 Å². The summed E-state index contributed by atoms with van der Waals surface area (Å²) in [5.41, 5.74) is 5.72. The van der Waals surface area contributed by atoms with Crippen LogP contribution in [0.4, 0.5) is 4.79 Å². The number of hydrogen-bond acceptors (Lipinski definition) is 4. The van der Waals surface area contributed by atoms with Gasteiger partial charge in [0.2, 0.25) is 0 Å². The van der Waals surface area contributed by atoms with Gasteiger partial charge in [-0.25, -0.2) is 4.79 Å². The van der Waals surface area contributed by atoms with E-state index in [0.717, 1.165) is 37.8 Å². The molecule has 2 rings (SSSR count). The molecule has 1 aromatic rings. The fraction of sp³-hybridized carbons (Fsp3) is 0.750. The van der Waals surface area contributed by atoms with Crippen molar-refractivity contribution in [2.75, 3.05) is 13.2 Å². The molecule has 1 aliphatic heterocycles. The number of nitrogens with zero attached hydrogens (tertiary/aromatic N) is 3. The number of carbonyl (C=O) groups excluding carboxylic acids is 1. The van der Waals surface area contributed by atoms with Crippen LogP contribution in [0.15, 0.2) is 6.20 Å². The van der Waals surface area contributed by atoms with E-state index in [1.165, 1.54) is 19.3 Å². The second kappa shape index (κ2) is 7.08. The zero-order chi connectivity index (χ0) is 13.5. The molecule has 7 nitrogen and oxygen atoms in total. The minimum atomic E-state index is -0.547. The number of ether oxygens (including phenoxy) is 1. The molecule has 0 radical (unpaired) electrons. The molecule has 0 saturated carbocycles. The number of rotatable bonds is 6. The minimum Gasteiger partial charge on any atom is -0.381 e. The maximum absolute atomic E-state index is 10.6. The number of urea groups is 1. The van der Waals surface area contributed by atoms with Gasteiger partial charge in [0.15, 0.2) is 0 Å². The number of primary amides is 1. The number of hydrogen-bond donors (Lipinski definition) is 2. The highest BCUT2D eigenvalue weighted by Gasteiger charge is 2.13. The van der Waals surface area contributed by atoms with Gasteiger partial charge in [0, 0.05) is 19.8 Å². The first-order chi connectivity index (χ1) is 9.24. The summed E-state index contributed by atoms with van der Waals surface area (Å²) in [6.45, 7) is 2.99. The second-order valence-electron chi connectivity index (χ2n) is 4.89. The van der Waals surface area contributed by atoms with Crippen molar-refractivity contribution in [1.82, 2.24) is 20.3 Å². The lowest BCUT2D eigenvalue weighted by Gasteiger charge is -2.21. The zero-order valence-corrected chi connectivity index (χ0v) is 11.0. The normalized spacial score (nSPS) is 16.4. The Balaban J connectivity index is 1.66. The van der Waals surface area contributed by atoms with Crippen LogP contribution in [0.2, 0.25) is 0 Å². The molecule has 2 amide bonds. The highest BCUT2D eigenvalue weighted by atomic mass is 16.5. The van der Waals surface area contributed by atoms with Crippen LogP contribution in [0, 0.1) is 5.92 Å². The van der Waals surface area contributed by atoms with Gasteiger partial charge in [-0.15, -0.1) is 5.10 Å². The maximum atomic E-state index is 10.6. The van der Waals surface area contributed by atoms with Gasteiger partial charge in [0.1, 0.15) is 5.69 Å². The van der Waals surface area contributed by atoms with E-state index in [4.69, 9.17) is 10.5 Å². The van der Waals surface area contributed by atoms with Crippen molar-refractivity contribution in [3.63, 3.8) is 0 Å². The molecule has 0 atom stereocenters. The molecule has 1 aromatic heterocycles. The van der Waals surface area contributed by atoms with Crippen LogP contribution < -0.4 is 11.1 Å². The van der Waals surface area contributed by atoms with Crippen LogP contribution in [0.5, 0.6) is 0 Å². The van der Waals surface area contributed by atoms with Crippen LogP contribution >= 0.6 is 0 Å². The lowest BCUT2D eigenvalue weighted by Crippen LogP contribution is -2.28. The molecule has 0 spiro atoms. The summed E-state index contributed by atoms with van der Waals surface area (Å²) in [7, 11) is 0. The molecule has 1 aliphatic rings. The third-order valence-corrected chi connectivity index (χ3v) is 3.37. The predicted molar refractivity (Wildman–Crippen MR) is 69.2 cm³/mol. The third kappa shape index (κ3) is 4.86. The number of amides is 2. The Morgan fingerprint density at radius 2 is 2.32 bits per heavy atom. The van der Waals surface area contributed by atoms with Crippen molar-refractivity contribution >= 4 is 6.03 Å². The predicted octanol–water partition coefficient (Wildman–Crippen LogP) is 0.653. The van der Waals surface area contributed by atoms with E-state index in [2.05, 4.69) is 15.6 Å². The molecular weight excluding hydrogens is 246 g/mol. The SMILES string of the molecule is NC(=O)NCc1cn(CCCC2CCOCC2)nn1. The first-order valence-corrected chi connectivity index (χ1v) is 6.74. The Labute approximate surface area is 112 Å². The van der Waals surface area contributed by atoms with Crippen molar-refractivity contribution < 1.29 is 9.53 Å². The number of aryl methyl sites for hydroxylation is 1. The summed E-state index contributed by atoms with van der Waals surface area (Å²) in [5.74, 6) is 0.785. The van der Waals surface area contributed by atoms with E-state index in [9.17, 15) is 4.79 Å². The third-order valence-electron chi connectivity index (χ3n) is 3.37. The number of carbonyl (C=O) groups is 1. The number of aromatic nitrogens is 3. The van der Waals surface area contributed by atoms with E-state index in [-0.39, 0.29) is 0 Å². The van der Waals surface area contributed by atoms with Crippen molar-refractivity contribution in [2.45, 2.75) is 38.8 Å². The molecule has 0 bridgehead atoms. The molecule has 0 aliphatic carbocycles. The van der Waals surface area contributed by atoms with Crippen LogP contribution in [0.25, 0.3) is 0 Å². The number of nitrogens with two attached hydrogens (primary N) is 1. The van der Waals surface area contributed by atoms with E-state index in [1.807, 2.05) is 10.9 Å². The van der Waals surface area contributed by atoms with Crippen molar-refractivity contribution in [3.8, 4) is 0 Å². The van der Waals surface area contributed by atoms with Crippen LogP contribution in [0.1, 0.15) is 31.4 Å². The van der Waals surface area contributed by atoms with Crippen LogP contribution in [-0.4, -0.2) is 34.2 Å². The smallest absolute Gasteiger partial charge is 0.312 e. The lowest BCUT2D eigenvalue weighted by molar-refractivity contribution is 0.0629. The fourth-order valence-corrected chi connectivity index (χ4v) is 2.28. The molecule has 3 N–H and O–H groups in total. The van der Waals surface area contributed by atoms with E-state index in [1.54, 1.807) is 0 Å². The molecule has 7 heteroatoms. The van der Waals surface area contributed by atoms with Gasteiger partial charge in [-0.1, -0.05) is 5.21 Å². The molecular formula is C12H21N5O2. The Kier molecular flexibility index (Phi) is 5.14. The molecule has 0 aromatic carbocycles. The van der Waals surface area contributed by atoms with Gasteiger partial charge in [0.05, 0.1) is 12.7 Å². The Bertz CT molecular complexity index is 401. The topological polar surface area (TPSA) is 95.1 Å². The summed E-state index contributed by atoms with van der Waals surface area (Å²) < 4.78 is 7.16. The lowest BCUT2D eigenvalue weighted by atomic mass is 9.95. The molecule has 1 fully saturated rings. The largest absolute Gasteiger partial charge is 0.381 e. The van der Waals surface area contributed by atoms with E-state index in [0.29, 0.717) is 6.54 Å². The van der Waals surface area contributed by atoms with E-state index < -0.39 is 6.03 Å². The average molecular weight is 267 g/mol. The highest BCUT2D eigenvalue weighted by Crippen LogP contribution is 2.20. The van der Waals surface area contributed by atoms with Gasteiger partial charge >= 0.3 is 6.03 Å². The molecule has 0 unspecified atom stereocenters. The molecule has 2 heterocycles. The summed E-state index contributed by atoms with van der Waals surface area (Å²) in [5, 5.41) is 10.5. The minimum absolute atomic E-state index is 0.329. The van der Waals surface area contributed by atoms with Crippen molar-refractivity contribution in [2.24, 2.45) is 11.7 Å². The Hall–Kier alpha value is -1.63. The summed E-state index contributed by atoms with van der Waals surface area (Å²) in [4.78, 5) is 10.6. The average Bonchev–Trinajstić information content (AvgIpc) is 2.86. The maximum Gasteiger partial charge on any atom is 0.312 e. The highest BCUT2D eigenvalue weighted by molar-refractivity contribution is 5.71. The number of nitrogens with one attached hydrogen (secondary N) is 1. The van der Waals surface area contributed by atoms with Gasteiger partial charge in [-0.2, -0.15) is 0 Å². The van der Waals surface area contributed by atoms with Gasteiger partial charge in [0.25, 0.3) is 0 Å². The molecule has 19 heavy (non-hydrogen) atoms. The Morgan fingerprint density at radius 1 is 1.53 bits per heavy atom. The standard InChI is InChI=1S/C12H21N5O2/c13-12(18)14-8-11-9-17(16-15-11)5-1-2-10-3-6-19-7-4-10/h9-10H,1-8H2,(H3,13,14,18). The molecule has 106 valence electrons. The van der Waals surface area contributed by atoms with Gasteiger partial charge in [-0.05, 0) is 31.6 Å². The Morgan fingerprint density at radius 3 is 3.05 bits per heavy atom. The zero-order valence-electron chi connectivity index (χ0n) is 11.0. The van der Waals surface area contributed by atoms with Crippen molar-refractivity contribution in [3.05, 3.63) is 11.9 Å². The fourth-order valence-electron chi connectivity index (χ4n) is 2.28. The van der Waals surface area contributed by atoms with Crippen LogP contribution in [-0.2, 0) is 17.8 Å². The van der Waals surface area contributed by atoms with Gasteiger partial charge < -0.3 is 15.8 Å². The van der Waals surface area contributed by atoms with Gasteiger partial charge in [-0.3, -0.25) is 4.68 Å². The summed E-state index contributed by atoms with van der Waals surface area (Å²) in [6, 6.07) is -0.547. The van der Waals surface area contributed by atoms with Crippen LogP contribution in [0.3, 0.4) is 0 Å². The first kappa shape index (κ1) is 13.8. The monoisotopic (exact) mass is 267 g/mol. The second-order valence-corrected chi connectivity index (χ2v) is 4.89.